The third-order valence-corrected chi connectivity index (χ3v) is 5.73. The average Bonchev–Trinajstić information content (AvgIpc) is 2.97. The molecule has 1 saturated heterocycles. The molecule has 164 valence electrons. The molecule has 0 radical (unpaired) electrons. The largest absolute Gasteiger partial charge is 0.490 e. The molecule has 0 N–H and O–H groups in total. The molecule has 0 atom stereocenters. The van der Waals surface area contributed by atoms with Crippen molar-refractivity contribution >= 4 is 57.6 Å². The lowest BCUT2D eigenvalue weighted by Gasteiger charge is -2.16. The molecule has 0 aliphatic carbocycles. The molecule has 1 heterocycles. The van der Waals surface area contributed by atoms with Gasteiger partial charge in [0.25, 0.3) is 5.91 Å². The molecular formula is C21H17ClF3NO3S2. The van der Waals surface area contributed by atoms with E-state index in [1.807, 2.05) is 13.8 Å². The predicted octanol–water partition coefficient (Wildman–Crippen LogP) is 6.56. The van der Waals surface area contributed by atoms with Gasteiger partial charge in [-0.05, 0) is 55.8 Å². The van der Waals surface area contributed by atoms with Crippen molar-refractivity contribution in [2.45, 2.75) is 20.0 Å². The number of halogens is 4. The minimum Gasteiger partial charge on any atom is -0.490 e. The summed E-state index contributed by atoms with van der Waals surface area (Å²) in [6, 6.07) is 7.77. The van der Waals surface area contributed by atoms with Gasteiger partial charge in [-0.25, -0.2) is 0 Å². The monoisotopic (exact) mass is 487 g/mol. The van der Waals surface area contributed by atoms with Crippen molar-refractivity contribution in [2.75, 3.05) is 18.1 Å². The van der Waals surface area contributed by atoms with Crippen molar-refractivity contribution in [3.8, 4) is 11.5 Å². The second-order valence-electron chi connectivity index (χ2n) is 6.26. The Labute approximate surface area is 192 Å². The molecule has 0 spiro atoms. The number of hydrogen-bond acceptors (Lipinski definition) is 5. The van der Waals surface area contributed by atoms with Crippen molar-refractivity contribution < 1.29 is 27.4 Å². The highest BCUT2D eigenvalue weighted by molar-refractivity contribution is 8.27. The Morgan fingerprint density at radius 2 is 1.87 bits per heavy atom. The molecule has 1 amide bonds. The van der Waals surface area contributed by atoms with Crippen LogP contribution in [-0.2, 0) is 11.0 Å². The van der Waals surface area contributed by atoms with Gasteiger partial charge in [-0.3, -0.25) is 9.69 Å². The molecule has 2 aromatic rings. The van der Waals surface area contributed by atoms with Gasteiger partial charge < -0.3 is 9.47 Å². The zero-order valence-electron chi connectivity index (χ0n) is 16.5. The van der Waals surface area contributed by atoms with E-state index >= 15 is 0 Å². The molecule has 4 nitrogen and oxygen atoms in total. The van der Waals surface area contributed by atoms with Gasteiger partial charge in [-0.2, -0.15) is 13.2 Å². The highest BCUT2D eigenvalue weighted by Crippen LogP contribution is 2.41. The topological polar surface area (TPSA) is 38.8 Å². The molecule has 31 heavy (non-hydrogen) atoms. The van der Waals surface area contributed by atoms with Gasteiger partial charge in [-0.1, -0.05) is 41.6 Å². The van der Waals surface area contributed by atoms with E-state index < -0.39 is 17.6 Å². The van der Waals surface area contributed by atoms with Crippen molar-refractivity contribution in [3.63, 3.8) is 0 Å². The van der Waals surface area contributed by atoms with Crippen molar-refractivity contribution in [3.05, 3.63) is 57.5 Å². The number of benzene rings is 2. The van der Waals surface area contributed by atoms with Crippen LogP contribution in [0, 0.1) is 0 Å². The van der Waals surface area contributed by atoms with Crippen LogP contribution in [0.1, 0.15) is 25.0 Å². The maximum atomic E-state index is 13.1. The van der Waals surface area contributed by atoms with Crippen LogP contribution in [0.4, 0.5) is 18.9 Å². The summed E-state index contributed by atoms with van der Waals surface area (Å²) < 4.78 is 50.4. The van der Waals surface area contributed by atoms with Crippen LogP contribution in [-0.4, -0.2) is 23.4 Å². The average molecular weight is 488 g/mol. The molecular weight excluding hydrogens is 471 g/mol. The fraction of sp³-hybridized carbons (Fsp3) is 0.238. The first kappa shape index (κ1) is 23.4. The van der Waals surface area contributed by atoms with Crippen LogP contribution < -0.4 is 14.4 Å². The number of carbonyl (C=O) groups excluding carboxylic acids is 1. The lowest BCUT2D eigenvalue weighted by molar-refractivity contribution is -0.137. The van der Waals surface area contributed by atoms with Gasteiger partial charge in [0.2, 0.25) is 0 Å². The van der Waals surface area contributed by atoms with E-state index in [2.05, 4.69) is 0 Å². The number of hydrogen-bond donors (Lipinski definition) is 0. The van der Waals surface area contributed by atoms with Gasteiger partial charge in [0.05, 0.1) is 34.4 Å². The lowest BCUT2D eigenvalue weighted by atomic mass is 10.1. The Morgan fingerprint density at radius 1 is 1.16 bits per heavy atom. The Balaban J connectivity index is 1.96. The number of amides is 1. The normalized spacial score (nSPS) is 15.7. The summed E-state index contributed by atoms with van der Waals surface area (Å²) >= 11 is 12.6. The number of anilines is 1. The Morgan fingerprint density at radius 3 is 2.52 bits per heavy atom. The summed E-state index contributed by atoms with van der Waals surface area (Å²) in [4.78, 5) is 14.3. The summed E-state index contributed by atoms with van der Waals surface area (Å²) in [6.45, 7) is 4.42. The third-order valence-electron chi connectivity index (χ3n) is 4.14. The minimum atomic E-state index is -4.53. The fourth-order valence-corrected chi connectivity index (χ4v) is 4.45. The molecule has 10 heteroatoms. The highest BCUT2D eigenvalue weighted by Gasteiger charge is 2.36. The van der Waals surface area contributed by atoms with Crippen LogP contribution in [0.5, 0.6) is 11.5 Å². The molecule has 0 saturated carbocycles. The van der Waals surface area contributed by atoms with Crippen LogP contribution in [0.2, 0.25) is 5.02 Å². The predicted molar refractivity (Wildman–Crippen MR) is 121 cm³/mol. The SMILES string of the molecule is CCOc1cc(/C=C2\SC(=S)N(c3cccc(C(F)(F)F)c3)C2=O)cc(Cl)c1OCC. The Bertz CT molecular complexity index is 1060. The zero-order valence-corrected chi connectivity index (χ0v) is 18.8. The van der Waals surface area contributed by atoms with E-state index in [9.17, 15) is 18.0 Å². The van der Waals surface area contributed by atoms with E-state index in [0.717, 1.165) is 28.8 Å². The van der Waals surface area contributed by atoms with Crippen LogP contribution >= 0.6 is 35.6 Å². The van der Waals surface area contributed by atoms with Crippen LogP contribution in [0.3, 0.4) is 0 Å². The molecule has 2 aromatic carbocycles. The number of carbonyl (C=O) groups is 1. The summed E-state index contributed by atoms with van der Waals surface area (Å²) in [5.74, 6) is 0.313. The molecule has 1 aliphatic heterocycles. The molecule has 0 bridgehead atoms. The number of alkyl halides is 3. The smallest absolute Gasteiger partial charge is 0.416 e. The first-order chi connectivity index (χ1) is 14.7. The first-order valence-corrected chi connectivity index (χ1v) is 10.8. The lowest BCUT2D eigenvalue weighted by Crippen LogP contribution is -2.27. The summed E-state index contributed by atoms with van der Waals surface area (Å²) in [6.07, 6.45) is -2.96. The number of thioether (sulfide) groups is 1. The van der Waals surface area contributed by atoms with E-state index in [1.165, 1.54) is 12.1 Å². The Kier molecular flexibility index (Phi) is 7.18. The van der Waals surface area contributed by atoms with E-state index in [4.69, 9.17) is 33.3 Å². The molecule has 1 aliphatic rings. The number of nitrogens with zero attached hydrogens (tertiary/aromatic N) is 1. The number of thiocarbonyl (C=S) groups is 1. The maximum absolute atomic E-state index is 13.1. The number of ether oxygens (including phenoxy) is 2. The van der Waals surface area contributed by atoms with Gasteiger partial charge in [0, 0.05) is 0 Å². The molecule has 1 fully saturated rings. The maximum Gasteiger partial charge on any atom is 0.416 e. The summed E-state index contributed by atoms with van der Waals surface area (Å²) in [7, 11) is 0. The Hall–Kier alpha value is -2.23. The second kappa shape index (κ2) is 9.50. The molecule has 3 rings (SSSR count). The highest BCUT2D eigenvalue weighted by atomic mass is 35.5. The van der Waals surface area contributed by atoms with Crippen molar-refractivity contribution in [2.24, 2.45) is 0 Å². The summed E-state index contributed by atoms with van der Waals surface area (Å²) in [5, 5.41) is 0.312. The van der Waals surface area contributed by atoms with Gasteiger partial charge >= 0.3 is 6.18 Å². The minimum absolute atomic E-state index is 0.0560. The third kappa shape index (κ3) is 5.16. The standard InChI is InChI=1S/C21H17ClF3NO3S2/c1-3-28-16-9-12(8-15(22)18(16)29-4-2)10-17-19(27)26(20(30)31-17)14-7-5-6-13(11-14)21(23,24)25/h5-11H,3-4H2,1-2H3/b17-10-. The second-order valence-corrected chi connectivity index (χ2v) is 8.34. The summed E-state index contributed by atoms with van der Waals surface area (Å²) in [5.41, 5.74) is -0.232. The number of rotatable bonds is 6. The van der Waals surface area contributed by atoms with Gasteiger partial charge in [-0.15, -0.1) is 0 Å². The molecule has 0 unspecified atom stereocenters. The van der Waals surface area contributed by atoms with Crippen molar-refractivity contribution in [1.29, 1.82) is 0 Å². The van der Waals surface area contributed by atoms with Gasteiger partial charge in [0.1, 0.15) is 0 Å². The van der Waals surface area contributed by atoms with Crippen LogP contribution in [0.15, 0.2) is 41.3 Å². The molecule has 0 aromatic heterocycles. The first-order valence-electron chi connectivity index (χ1n) is 9.20. The van der Waals surface area contributed by atoms with E-state index in [0.29, 0.717) is 35.3 Å². The van der Waals surface area contributed by atoms with Crippen LogP contribution in [0.25, 0.3) is 6.08 Å². The van der Waals surface area contributed by atoms with E-state index in [-0.39, 0.29) is 14.9 Å². The zero-order chi connectivity index (χ0) is 22.8. The fourth-order valence-electron chi connectivity index (χ4n) is 2.88. The quantitative estimate of drug-likeness (QED) is 0.340. The van der Waals surface area contributed by atoms with Crippen molar-refractivity contribution in [1.82, 2.24) is 0 Å². The van der Waals surface area contributed by atoms with E-state index in [1.54, 1.807) is 18.2 Å². The van der Waals surface area contributed by atoms with Gasteiger partial charge in [0.15, 0.2) is 15.8 Å².